The van der Waals surface area contributed by atoms with E-state index in [1.807, 2.05) is 26.0 Å². The molecular formula is C14H22Cl2N2O. The summed E-state index contributed by atoms with van der Waals surface area (Å²) in [4.78, 5) is 12.0. The Kier molecular flexibility index (Phi) is 8.07. The molecular weight excluding hydrogens is 283 g/mol. The van der Waals surface area contributed by atoms with Crippen molar-refractivity contribution in [3.05, 3.63) is 34.9 Å². The molecule has 0 unspecified atom stereocenters. The molecule has 3 nitrogen and oxygen atoms in total. The van der Waals surface area contributed by atoms with E-state index in [0.717, 1.165) is 18.4 Å². The minimum atomic E-state index is -0.274. The van der Waals surface area contributed by atoms with Crippen molar-refractivity contribution in [1.29, 1.82) is 0 Å². The molecule has 3 N–H and O–H groups in total. The highest BCUT2D eigenvalue weighted by Crippen LogP contribution is 2.14. The predicted molar refractivity (Wildman–Crippen MR) is 82.9 cm³/mol. The first-order valence-corrected chi connectivity index (χ1v) is 6.68. The van der Waals surface area contributed by atoms with Gasteiger partial charge in [-0.25, -0.2) is 0 Å². The number of hydrogen-bond acceptors (Lipinski definition) is 2. The Morgan fingerprint density at radius 1 is 1.26 bits per heavy atom. The van der Waals surface area contributed by atoms with Gasteiger partial charge in [-0.05, 0) is 30.5 Å². The molecule has 0 aliphatic rings. The van der Waals surface area contributed by atoms with Gasteiger partial charge in [0.15, 0.2) is 0 Å². The highest BCUT2D eigenvalue weighted by Gasteiger charge is 2.25. The summed E-state index contributed by atoms with van der Waals surface area (Å²) in [6.07, 6.45) is 2.04. The molecule has 0 spiro atoms. The highest BCUT2D eigenvalue weighted by atomic mass is 35.5. The fourth-order valence-electron chi connectivity index (χ4n) is 1.89. The molecule has 0 atom stereocenters. The molecule has 1 aromatic rings. The summed E-state index contributed by atoms with van der Waals surface area (Å²) in [5.74, 6) is 0.00599. The lowest BCUT2D eigenvalue weighted by Crippen LogP contribution is -2.53. The van der Waals surface area contributed by atoms with Gasteiger partial charge in [-0.3, -0.25) is 4.79 Å². The van der Waals surface area contributed by atoms with E-state index in [9.17, 15) is 4.79 Å². The zero-order valence-electron chi connectivity index (χ0n) is 11.4. The lowest BCUT2D eigenvalue weighted by molar-refractivity contribution is -0.122. The molecule has 108 valence electrons. The molecule has 5 heteroatoms. The summed E-state index contributed by atoms with van der Waals surface area (Å²) in [7, 11) is 0. The summed E-state index contributed by atoms with van der Waals surface area (Å²) in [5.41, 5.74) is 6.44. The first-order chi connectivity index (χ1) is 8.55. The van der Waals surface area contributed by atoms with Gasteiger partial charge < -0.3 is 11.1 Å². The molecule has 0 aliphatic heterocycles. The number of benzene rings is 1. The zero-order valence-corrected chi connectivity index (χ0v) is 13.0. The largest absolute Gasteiger partial charge is 0.349 e. The van der Waals surface area contributed by atoms with Gasteiger partial charge >= 0.3 is 0 Å². The Balaban J connectivity index is 0.00000324. The molecule has 19 heavy (non-hydrogen) atoms. The molecule has 0 fully saturated rings. The van der Waals surface area contributed by atoms with E-state index in [2.05, 4.69) is 5.32 Å². The third-order valence-corrected chi connectivity index (χ3v) is 3.68. The standard InChI is InChI=1S/C14H21ClN2O.ClH/c1-3-14(4-2,10-16)17-13(18)9-11-5-7-12(15)8-6-11;/h5-8H,3-4,9-10,16H2,1-2H3,(H,17,18);1H. The van der Waals surface area contributed by atoms with Crippen LogP contribution in [-0.2, 0) is 11.2 Å². The van der Waals surface area contributed by atoms with Crippen LogP contribution in [0.3, 0.4) is 0 Å². The van der Waals surface area contributed by atoms with Crippen molar-refractivity contribution in [1.82, 2.24) is 5.32 Å². The van der Waals surface area contributed by atoms with E-state index in [0.29, 0.717) is 18.0 Å². The van der Waals surface area contributed by atoms with Crippen molar-refractivity contribution in [3.63, 3.8) is 0 Å². The monoisotopic (exact) mass is 304 g/mol. The Morgan fingerprint density at radius 2 is 1.79 bits per heavy atom. The maximum atomic E-state index is 12.0. The number of halogens is 2. The minimum absolute atomic E-state index is 0. The Morgan fingerprint density at radius 3 is 2.21 bits per heavy atom. The fourth-order valence-corrected chi connectivity index (χ4v) is 2.02. The van der Waals surface area contributed by atoms with E-state index in [4.69, 9.17) is 17.3 Å². The van der Waals surface area contributed by atoms with Gasteiger partial charge in [0.2, 0.25) is 5.91 Å². The molecule has 0 saturated heterocycles. The van der Waals surface area contributed by atoms with Crippen molar-refractivity contribution >= 4 is 29.9 Å². The van der Waals surface area contributed by atoms with Gasteiger partial charge in [-0.15, -0.1) is 12.4 Å². The number of hydrogen-bond donors (Lipinski definition) is 2. The first kappa shape index (κ1) is 18.2. The van der Waals surface area contributed by atoms with Crippen LogP contribution in [0, 0.1) is 0 Å². The van der Waals surface area contributed by atoms with Crippen LogP contribution >= 0.6 is 24.0 Å². The average molecular weight is 305 g/mol. The van der Waals surface area contributed by atoms with E-state index in [1.165, 1.54) is 0 Å². The van der Waals surface area contributed by atoms with Gasteiger partial charge in [0.1, 0.15) is 0 Å². The van der Waals surface area contributed by atoms with Crippen LogP contribution in [0.1, 0.15) is 32.3 Å². The molecule has 0 heterocycles. The summed E-state index contributed by atoms with van der Waals surface area (Å²) in [6.45, 7) is 4.55. The van der Waals surface area contributed by atoms with Crippen LogP contribution in [0.15, 0.2) is 24.3 Å². The van der Waals surface area contributed by atoms with Crippen molar-refractivity contribution in [3.8, 4) is 0 Å². The van der Waals surface area contributed by atoms with E-state index < -0.39 is 0 Å². The third-order valence-electron chi connectivity index (χ3n) is 3.43. The first-order valence-electron chi connectivity index (χ1n) is 6.30. The summed E-state index contributed by atoms with van der Waals surface area (Å²) in [6, 6.07) is 7.31. The van der Waals surface area contributed by atoms with E-state index in [-0.39, 0.29) is 23.9 Å². The van der Waals surface area contributed by atoms with Crippen LogP contribution in [0.4, 0.5) is 0 Å². The number of nitrogens with two attached hydrogens (primary N) is 1. The van der Waals surface area contributed by atoms with Crippen molar-refractivity contribution in [2.24, 2.45) is 5.73 Å². The second-order valence-electron chi connectivity index (χ2n) is 4.54. The molecule has 1 aromatic carbocycles. The predicted octanol–water partition coefficient (Wildman–Crippen LogP) is 2.94. The topological polar surface area (TPSA) is 55.1 Å². The van der Waals surface area contributed by atoms with Crippen molar-refractivity contribution < 1.29 is 4.79 Å². The number of carbonyl (C=O) groups excluding carboxylic acids is 1. The SMILES string of the molecule is CCC(CC)(CN)NC(=O)Cc1ccc(Cl)cc1.Cl. The van der Waals surface area contributed by atoms with Gasteiger partial charge in [-0.2, -0.15) is 0 Å². The lowest BCUT2D eigenvalue weighted by atomic mass is 9.92. The maximum Gasteiger partial charge on any atom is 0.224 e. The van der Waals surface area contributed by atoms with E-state index in [1.54, 1.807) is 12.1 Å². The van der Waals surface area contributed by atoms with E-state index >= 15 is 0 Å². The molecule has 1 amide bonds. The van der Waals surface area contributed by atoms with Gasteiger partial charge in [0.05, 0.1) is 12.0 Å². The van der Waals surface area contributed by atoms with Crippen LogP contribution in [0.25, 0.3) is 0 Å². The van der Waals surface area contributed by atoms with Gasteiger partial charge in [0.25, 0.3) is 0 Å². The lowest BCUT2D eigenvalue weighted by Gasteiger charge is -2.31. The smallest absolute Gasteiger partial charge is 0.224 e. The summed E-state index contributed by atoms with van der Waals surface area (Å²) < 4.78 is 0. The average Bonchev–Trinajstić information content (AvgIpc) is 2.39. The zero-order chi connectivity index (χ0) is 13.6. The second-order valence-corrected chi connectivity index (χ2v) is 4.98. The van der Waals surface area contributed by atoms with Crippen LogP contribution in [0.2, 0.25) is 5.02 Å². The maximum absolute atomic E-state index is 12.0. The third kappa shape index (κ3) is 5.39. The van der Waals surface area contributed by atoms with Crippen LogP contribution in [0.5, 0.6) is 0 Å². The van der Waals surface area contributed by atoms with Crippen molar-refractivity contribution in [2.75, 3.05) is 6.54 Å². The summed E-state index contributed by atoms with van der Waals surface area (Å²) >= 11 is 5.80. The molecule has 1 rings (SSSR count). The fraction of sp³-hybridized carbons (Fsp3) is 0.500. The van der Waals surface area contributed by atoms with Gasteiger partial charge in [0, 0.05) is 11.6 Å². The minimum Gasteiger partial charge on any atom is -0.349 e. The molecule has 0 aliphatic carbocycles. The normalized spacial score (nSPS) is 10.7. The van der Waals surface area contributed by atoms with Crippen molar-refractivity contribution in [2.45, 2.75) is 38.6 Å². The number of carbonyl (C=O) groups is 1. The number of amides is 1. The second kappa shape index (κ2) is 8.41. The molecule has 0 aromatic heterocycles. The van der Waals surface area contributed by atoms with Gasteiger partial charge in [-0.1, -0.05) is 37.6 Å². The quantitative estimate of drug-likeness (QED) is 0.849. The summed E-state index contributed by atoms with van der Waals surface area (Å²) in [5, 5.41) is 3.72. The molecule has 0 bridgehead atoms. The Labute approximate surface area is 126 Å². The Hall–Kier alpha value is -0.770. The molecule has 0 radical (unpaired) electrons. The Bertz CT molecular complexity index is 381. The highest BCUT2D eigenvalue weighted by molar-refractivity contribution is 6.30. The molecule has 0 saturated carbocycles. The van der Waals surface area contributed by atoms with Crippen LogP contribution in [-0.4, -0.2) is 18.0 Å². The number of rotatable bonds is 6. The van der Waals surface area contributed by atoms with Crippen LogP contribution < -0.4 is 11.1 Å². The number of nitrogens with one attached hydrogen (secondary N) is 1.